The van der Waals surface area contributed by atoms with Gasteiger partial charge in [0.15, 0.2) is 0 Å². The van der Waals surface area contributed by atoms with Gasteiger partial charge in [0.05, 0.1) is 7.11 Å². The number of esters is 1. The van der Waals surface area contributed by atoms with Crippen LogP contribution in [0.4, 0.5) is 0 Å². The maximum absolute atomic E-state index is 11.3. The van der Waals surface area contributed by atoms with E-state index >= 15 is 0 Å². The van der Waals surface area contributed by atoms with Crippen molar-refractivity contribution in [1.82, 2.24) is 0 Å². The first-order chi connectivity index (χ1) is 12.6. The lowest BCUT2D eigenvalue weighted by molar-refractivity contribution is -0.136. The second-order valence-electron chi connectivity index (χ2n) is 8.10. The number of hydrogen-bond donors (Lipinski definition) is 0. The number of ether oxygens (including phenoxy) is 1. The van der Waals surface area contributed by atoms with Crippen LogP contribution in [0.5, 0.6) is 0 Å². The fourth-order valence-electron chi connectivity index (χ4n) is 3.43. The number of methoxy groups -OCH3 is 1. The standard InChI is InChI=1S/C24H46O2/c1-5-6-7-8-9-10-11-12-13-14-15-16-17-18-19-22(2)20-21-23(3)24(25)26-4/h21-22H,5-20H2,1-4H3/b23-21+/t22-/m1/s1. The maximum Gasteiger partial charge on any atom is 0.333 e. The maximum atomic E-state index is 11.3. The van der Waals surface area contributed by atoms with Crippen LogP contribution in [-0.2, 0) is 9.53 Å². The molecule has 1 atom stereocenters. The third-order valence-electron chi connectivity index (χ3n) is 5.38. The quantitative estimate of drug-likeness (QED) is 0.139. The molecule has 0 aromatic heterocycles. The normalized spacial score (nSPS) is 13.0. The van der Waals surface area contributed by atoms with Crippen LogP contribution in [0, 0.1) is 5.92 Å². The highest BCUT2D eigenvalue weighted by Gasteiger charge is 2.05. The predicted octanol–water partition coefficient (Wildman–Crippen LogP) is 8.00. The molecule has 0 saturated heterocycles. The summed E-state index contributed by atoms with van der Waals surface area (Å²) in [5.41, 5.74) is 0.736. The van der Waals surface area contributed by atoms with Gasteiger partial charge in [-0.05, 0) is 19.3 Å². The minimum Gasteiger partial charge on any atom is -0.466 e. The van der Waals surface area contributed by atoms with Crippen molar-refractivity contribution >= 4 is 5.97 Å². The molecule has 0 unspecified atom stereocenters. The summed E-state index contributed by atoms with van der Waals surface area (Å²) in [4.78, 5) is 11.3. The summed E-state index contributed by atoms with van der Waals surface area (Å²) in [6.45, 7) is 6.40. The fourth-order valence-corrected chi connectivity index (χ4v) is 3.43. The molecule has 0 aliphatic carbocycles. The molecular weight excluding hydrogens is 320 g/mol. The predicted molar refractivity (Wildman–Crippen MR) is 114 cm³/mol. The summed E-state index contributed by atoms with van der Waals surface area (Å²) in [5, 5.41) is 0. The van der Waals surface area contributed by atoms with Crippen molar-refractivity contribution in [2.75, 3.05) is 7.11 Å². The number of unbranched alkanes of at least 4 members (excludes halogenated alkanes) is 13. The van der Waals surface area contributed by atoms with Gasteiger partial charge in [0, 0.05) is 5.57 Å². The molecule has 0 amide bonds. The van der Waals surface area contributed by atoms with Gasteiger partial charge in [-0.1, -0.05) is 116 Å². The first-order valence-electron chi connectivity index (χ1n) is 11.4. The Hall–Kier alpha value is -0.790. The lowest BCUT2D eigenvalue weighted by Crippen LogP contribution is -2.02. The summed E-state index contributed by atoms with van der Waals surface area (Å²) < 4.78 is 4.72. The highest BCUT2D eigenvalue weighted by atomic mass is 16.5. The molecule has 0 aromatic rings. The van der Waals surface area contributed by atoms with Gasteiger partial charge in [-0.2, -0.15) is 0 Å². The highest BCUT2D eigenvalue weighted by Crippen LogP contribution is 2.17. The van der Waals surface area contributed by atoms with Gasteiger partial charge >= 0.3 is 5.97 Å². The van der Waals surface area contributed by atoms with Gasteiger partial charge in [0.1, 0.15) is 0 Å². The van der Waals surface area contributed by atoms with E-state index in [1.165, 1.54) is 103 Å². The van der Waals surface area contributed by atoms with E-state index in [0.717, 1.165) is 12.0 Å². The van der Waals surface area contributed by atoms with Crippen molar-refractivity contribution in [3.05, 3.63) is 11.6 Å². The van der Waals surface area contributed by atoms with E-state index in [4.69, 9.17) is 4.74 Å². The van der Waals surface area contributed by atoms with Crippen LogP contribution in [0.25, 0.3) is 0 Å². The SMILES string of the molecule is CCCCCCCCCCCCCCCC[C@@H](C)C/C=C(\C)C(=O)OC. The Labute approximate surface area is 164 Å². The molecule has 0 heterocycles. The molecule has 154 valence electrons. The molecule has 0 aromatic carbocycles. The Morgan fingerprint density at radius 2 is 1.23 bits per heavy atom. The molecule has 2 nitrogen and oxygen atoms in total. The van der Waals surface area contributed by atoms with E-state index in [2.05, 4.69) is 13.8 Å². The summed E-state index contributed by atoms with van der Waals surface area (Å²) in [5.74, 6) is 0.459. The van der Waals surface area contributed by atoms with E-state index in [9.17, 15) is 4.79 Å². The van der Waals surface area contributed by atoms with Gasteiger partial charge in [0.25, 0.3) is 0 Å². The van der Waals surface area contributed by atoms with Crippen LogP contribution in [0.15, 0.2) is 11.6 Å². The van der Waals surface area contributed by atoms with Crippen molar-refractivity contribution in [3.63, 3.8) is 0 Å². The minimum absolute atomic E-state index is 0.200. The Morgan fingerprint density at radius 3 is 1.65 bits per heavy atom. The summed E-state index contributed by atoms with van der Waals surface area (Å²) >= 11 is 0. The lowest BCUT2D eigenvalue weighted by atomic mass is 9.97. The highest BCUT2D eigenvalue weighted by molar-refractivity contribution is 5.87. The zero-order valence-corrected chi connectivity index (χ0v) is 18.3. The average molecular weight is 367 g/mol. The molecule has 26 heavy (non-hydrogen) atoms. The second-order valence-corrected chi connectivity index (χ2v) is 8.10. The van der Waals surface area contributed by atoms with Crippen molar-refractivity contribution in [2.45, 2.75) is 124 Å². The van der Waals surface area contributed by atoms with Gasteiger partial charge < -0.3 is 4.74 Å². The van der Waals surface area contributed by atoms with Crippen molar-refractivity contribution in [2.24, 2.45) is 5.92 Å². The van der Waals surface area contributed by atoms with Crippen molar-refractivity contribution < 1.29 is 9.53 Å². The number of allylic oxidation sites excluding steroid dienone is 1. The Balaban J connectivity index is 3.32. The van der Waals surface area contributed by atoms with Crippen molar-refractivity contribution in [1.29, 1.82) is 0 Å². The molecule has 0 saturated carbocycles. The summed E-state index contributed by atoms with van der Waals surface area (Å²) in [7, 11) is 1.44. The molecule has 0 radical (unpaired) electrons. The Kier molecular flexibility index (Phi) is 18.4. The lowest BCUT2D eigenvalue weighted by Gasteiger charge is -2.09. The summed E-state index contributed by atoms with van der Waals surface area (Å²) in [6.07, 6.45) is 24.1. The zero-order valence-electron chi connectivity index (χ0n) is 18.3. The number of hydrogen-bond acceptors (Lipinski definition) is 2. The molecule has 0 fully saturated rings. The molecule has 0 aliphatic rings. The molecule has 0 aliphatic heterocycles. The topological polar surface area (TPSA) is 26.3 Å². The monoisotopic (exact) mass is 366 g/mol. The Morgan fingerprint density at radius 1 is 0.808 bits per heavy atom. The fraction of sp³-hybridized carbons (Fsp3) is 0.875. The van der Waals surface area contributed by atoms with E-state index in [0.29, 0.717) is 5.92 Å². The first kappa shape index (κ1) is 25.2. The second kappa shape index (κ2) is 19.0. The van der Waals surface area contributed by atoms with Crippen LogP contribution in [0.3, 0.4) is 0 Å². The van der Waals surface area contributed by atoms with Crippen molar-refractivity contribution in [3.8, 4) is 0 Å². The van der Waals surface area contributed by atoms with Crippen LogP contribution < -0.4 is 0 Å². The summed E-state index contributed by atoms with van der Waals surface area (Å²) in [6, 6.07) is 0. The largest absolute Gasteiger partial charge is 0.466 e. The van der Waals surface area contributed by atoms with Crippen LogP contribution in [-0.4, -0.2) is 13.1 Å². The molecule has 2 heteroatoms. The average Bonchev–Trinajstić information content (AvgIpc) is 2.65. The number of carbonyl (C=O) groups is 1. The van der Waals surface area contributed by atoms with E-state index in [1.807, 2.05) is 13.0 Å². The van der Waals surface area contributed by atoms with Crippen LogP contribution in [0.1, 0.15) is 124 Å². The first-order valence-corrected chi connectivity index (χ1v) is 11.4. The zero-order chi connectivity index (χ0) is 19.5. The van der Waals surface area contributed by atoms with Gasteiger partial charge in [-0.25, -0.2) is 4.79 Å². The van der Waals surface area contributed by atoms with E-state index in [-0.39, 0.29) is 5.97 Å². The smallest absolute Gasteiger partial charge is 0.333 e. The Bertz CT molecular complexity index is 346. The van der Waals surface area contributed by atoms with E-state index in [1.54, 1.807) is 0 Å². The minimum atomic E-state index is -0.200. The van der Waals surface area contributed by atoms with Gasteiger partial charge in [0.2, 0.25) is 0 Å². The van der Waals surface area contributed by atoms with Crippen LogP contribution in [0.2, 0.25) is 0 Å². The third-order valence-corrected chi connectivity index (χ3v) is 5.38. The van der Waals surface area contributed by atoms with Gasteiger partial charge in [-0.15, -0.1) is 0 Å². The molecule has 0 spiro atoms. The molecule has 0 rings (SSSR count). The molecular formula is C24H46O2. The number of carbonyl (C=O) groups excluding carboxylic acids is 1. The van der Waals surface area contributed by atoms with E-state index < -0.39 is 0 Å². The number of rotatable bonds is 18. The van der Waals surface area contributed by atoms with Gasteiger partial charge in [-0.3, -0.25) is 0 Å². The van der Waals surface area contributed by atoms with Crippen LogP contribution >= 0.6 is 0 Å². The third kappa shape index (κ3) is 16.7. The molecule has 0 bridgehead atoms. The molecule has 0 N–H and O–H groups in total.